The molecule has 0 radical (unpaired) electrons. The first kappa shape index (κ1) is 17.7. The van der Waals surface area contributed by atoms with Gasteiger partial charge in [0.15, 0.2) is 0 Å². The van der Waals surface area contributed by atoms with Crippen LogP contribution in [0.5, 0.6) is 0 Å². The summed E-state index contributed by atoms with van der Waals surface area (Å²) in [7, 11) is 0. The van der Waals surface area contributed by atoms with Crippen LogP contribution in [0.3, 0.4) is 0 Å². The van der Waals surface area contributed by atoms with E-state index in [1.54, 1.807) is 12.3 Å². The zero-order valence-corrected chi connectivity index (χ0v) is 14.9. The topological polar surface area (TPSA) is 54.0 Å². The molecule has 0 saturated carbocycles. The number of aryl methyl sites for hydroxylation is 1. The second-order valence-electron chi connectivity index (χ2n) is 6.27. The molecule has 0 spiro atoms. The van der Waals surface area contributed by atoms with Gasteiger partial charge in [0.25, 0.3) is 5.91 Å². The van der Waals surface area contributed by atoms with E-state index in [2.05, 4.69) is 33.8 Å². The zero-order chi connectivity index (χ0) is 18.2. The largest absolute Gasteiger partial charge is 0.383 e. The first-order valence-electron chi connectivity index (χ1n) is 8.78. The molecule has 0 aliphatic rings. The average molecular weight is 345 g/mol. The lowest BCUT2D eigenvalue weighted by Gasteiger charge is -2.08. The number of nitrogens with zero attached hydrogens (tertiary/aromatic N) is 1. The molecule has 26 heavy (non-hydrogen) atoms. The SMILES string of the molecule is Cc1cccc(CNC(=O)c2ccc(NCCc3ccccc3)cn2)c1. The molecular weight excluding hydrogens is 322 g/mol. The number of hydrogen-bond donors (Lipinski definition) is 2. The van der Waals surface area contributed by atoms with Crippen molar-refractivity contribution >= 4 is 11.6 Å². The molecule has 0 fully saturated rings. The van der Waals surface area contributed by atoms with Gasteiger partial charge in [0, 0.05) is 13.1 Å². The smallest absolute Gasteiger partial charge is 0.270 e. The fraction of sp³-hybridized carbons (Fsp3) is 0.182. The van der Waals surface area contributed by atoms with Crippen LogP contribution in [-0.4, -0.2) is 17.4 Å². The van der Waals surface area contributed by atoms with Crippen molar-refractivity contribution in [2.45, 2.75) is 19.9 Å². The fourth-order valence-electron chi connectivity index (χ4n) is 2.72. The number of anilines is 1. The Kier molecular flexibility index (Phi) is 5.99. The van der Waals surface area contributed by atoms with Gasteiger partial charge in [-0.2, -0.15) is 0 Å². The van der Waals surface area contributed by atoms with Crippen LogP contribution in [0.1, 0.15) is 27.2 Å². The second-order valence-corrected chi connectivity index (χ2v) is 6.27. The predicted octanol–water partition coefficient (Wildman–Crippen LogP) is 3.97. The maximum Gasteiger partial charge on any atom is 0.270 e. The number of hydrogen-bond acceptors (Lipinski definition) is 3. The molecule has 4 heteroatoms. The molecule has 0 unspecified atom stereocenters. The number of pyridine rings is 1. The molecule has 4 nitrogen and oxygen atoms in total. The first-order chi connectivity index (χ1) is 12.7. The maximum atomic E-state index is 12.2. The van der Waals surface area contributed by atoms with Crippen molar-refractivity contribution < 1.29 is 4.79 Å². The number of benzene rings is 2. The van der Waals surface area contributed by atoms with E-state index in [1.165, 1.54) is 11.1 Å². The van der Waals surface area contributed by atoms with Crippen molar-refractivity contribution in [1.29, 1.82) is 0 Å². The number of carbonyl (C=O) groups is 1. The normalized spacial score (nSPS) is 10.3. The minimum atomic E-state index is -0.164. The van der Waals surface area contributed by atoms with Crippen molar-refractivity contribution in [3.05, 3.63) is 95.3 Å². The Labute approximate surface area is 154 Å². The van der Waals surface area contributed by atoms with Gasteiger partial charge in [0.1, 0.15) is 5.69 Å². The van der Waals surface area contributed by atoms with E-state index in [0.717, 1.165) is 24.2 Å². The number of carbonyl (C=O) groups excluding carboxylic acids is 1. The molecule has 3 aromatic rings. The molecule has 0 atom stereocenters. The quantitative estimate of drug-likeness (QED) is 0.681. The Morgan fingerprint density at radius 2 is 1.77 bits per heavy atom. The lowest BCUT2D eigenvalue weighted by Crippen LogP contribution is -2.23. The molecule has 0 aliphatic heterocycles. The van der Waals surface area contributed by atoms with Gasteiger partial charge >= 0.3 is 0 Å². The van der Waals surface area contributed by atoms with E-state index in [1.807, 2.05) is 49.4 Å². The van der Waals surface area contributed by atoms with Gasteiger partial charge in [0.05, 0.1) is 11.9 Å². The predicted molar refractivity (Wildman–Crippen MR) is 105 cm³/mol. The zero-order valence-electron chi connectivity index (χ0n) is 14.9. The molecule has 2 N–H and O–H groups in total. The second kappa shape index (κ2) is 8.81. The number of rotatable bonds is 7. The van der Waals surface area contributed by atoms with E-state index < -0.39 is 0 Å². The molecule has 1 aromatic heterocycles. The molecule has 132 valence electrons. The van der Waals surface area contributed by atoms with Crippen LogP contribution in [-0.2, 0) is 13.0 Å². The number of aromatic nitrogens is 1. The summed E-state index contributed by atoms with van der Waals surface area (Å²) >= 11 is 0. The van der Waals surface area contributed by atoms with Gasteiger partial charge in [0.2, 0.25) is 0 Å². The van der Waals surface area contributed by atoms with Crippen molar-refractivity contribution in [3.8, 4) is 0 Å². The van der Waals surface area contributed by atoms with Gasteiger partial charge in [-0.1, -0.05) is 60.2 Å². The summed E-state index contributed by atoms with van der Waals surface area (Å²) in [5.74, 6) is -0.164. The molecular formula is C22H23N3O. The van der Waals surface area contributed by atoms with Gasteiger partial charge in [-0.15, -0.1) is 0 Å². The number of nitrogens with one attached hydrogen (secondary N) is 2. The average Bonchev–Trinajstić information content (AvgIpc) is 2.68. The lowest BCUT2D eigenvalue weighted by atomic mass is 10.1. The molecule has 0 saturated heterocycles. The summed E-state index contributed by atoms with van der Waals surface area (Å²) in [4.78, 5) is 16.5. The van der Waals surface area contributed by atoms with Crippen LogP contribution in [0.15, 0.2) is 72.9 Å². The highest BCUT2D eigenvalue weighted by atomic mass is 16.1. The summed E-state index contributed by atoms with van der Waals surface area (Å²) in [6.07, 6.45) is 2.64. The van der Waals surface area contributed by atoms with Gasteiger partial charge in [-0.3, -0.25) is 4.79 Å². The Morgan fingerprint density at radius 1 is 0.962 bits per heavy atom. The third kappa shape index (κ3) is 5.18. The monoisotopic (exact) mass is 345 g/mol. The summed E-state index contributed by atoms with van der Waals surface area (Å²) in [5, 5.41) is 6.23. The third-order valence-electron chi connectivity index (χ3n) is 4.12. The third-order valence-corrected chi connectivity index (χ3v) is 4.12. The van der Waals surface area contributed by atoms with Gasteiger partial charge in [-0.25, -0.2) is 4.98 Å². The van der Waals surface area contributed by atoms with Crippen LogP contribution in [0, 0.1) is 6.92 Å². The Morgan fingerprint density at radius 3 is 2.50 bits per heavy atom. The van der Waals surface area contributed by atoms with Crippen molar-refractivity contribution in [1.82, 2.24) is 10.3 Å². The Hall–Kier alpha value is -3.14. The van der Waals surface area contributed by atoms with Gasteiger partial charge in [-0.05, 0) is 36.6 Å². The summed E-state index contributed by atoms with van der Waals surface area (Å²) in [5.41, 5.74) is 4.89. The van der Waals surface area contributed by atoms with Crippen molar-refractivity contribution in [2.75, 3.05) is 11.9 Å². The molecule has 1 heterocycles. The highest BCUT2D eigenvalue weighted by Gasteiger charge is 2.07. The molecule has 1 amide bonds. The van der Waals surface area contributed by atoms with E-state index >= 15 is 0 Å². The Bertz CT molecular complexity index is 845. The van der Waals surface area contributed by atoms with Gasteiger partial charge < -0.3 is 10.6 Å². The Balaban J connectivity index is 1.48. The number of amides is 1. The highest BCUT2D eigenvalue weighted by Crippen LogP contribution is 2.08. The molecule has 0 aliphatic carbocycles. The standard InChI is InChI=1S/C22H23N3O/c1-17-6-5-9-19(14-17)15-25-22(26)21-11-10-20(16-24-21)23-13-12-18-7-3-2-4-8-18/h2-11,14,16,23H,12-13,15H2,1H3,(H,25,26). The minimum absolute atomic E-state index is 0.164. The van der Waals surface area contributed by atoms with E-state index in [9.17, 15) is 4.79 Å². The molecule has 0 bridgehead atoms. The molecule has 2 aromatic carbocycles. The summed E-state index contributed by atoms with van der Waals surface area (Å²) < 4.78 is 0. The summed E-state index contributed by atoms with van der Waals surface area (Å²) in [6.45, 7) is 3.36. The van der Waals surface area contributed by atoms with Crippen molar-refractivity contribution in [2.24, 2.45) is 0 Å². The van der Waals surface area contributed by atoms with Crippen LogP contribution >= 0.6 is 0 Å². The van der Waals surface area contributed by atoms with Crippen LogP contribution < -0.4 is 10.6 Å². The van der Waals surface area contributed by atoms with Crippen LogP contribution in [0.4, 0.5) is 5.69 Å². The molecule has 3 rings (SSSR count). The highest BCUT2D eigenvalue weighted by molar-refractivity contribution is 5.92. The van der Waals surface area contributed by atoms with E-state index in [0.29, 0.717) is 12.2 Å². The fourth-order valence-corrected chi connectivity index (χ4v) is 2.72. The van der Waals surface area contributed by atoms with E-state index in [-0.39, 0.29) is 5.91 Å². The first-order valence-corrected chi connectivity index (χ1v) is 8.78. The van der Waals surface area contributed by atoms with Crippen molar-refractivity contribution in [3.63, 3.8) is 0 Å². The minimum Gasteiger partial charge on any atom is -0.383 e. The maximum absolute atomic E-state index is 12.2. The van der Waals surface area contributed by atoms with Crippen LogP contribution in [0.25, 0.3) is 0 Å². The van der Waals surface area contributed by atoms with Crippen LogP contribution in [0.2, 0.25) is 0 Å². The summed E-state index contributed by atoms with van der Waals surface area (Å²) in [6, 6.07) is 22.1. The van der Waals surface area contributed by atoms with E-state index in [4.69, 9.17) is 0 Å². The lowest BCUT2D eigenvalue weighted by molar-refractivity contribution is 0.0946.